The zero-order chi connectivity index (χ0) is 17.2. The fraction of sp³-hybridized carbons (Fsp3) is 0.632. The Balaban J connectivity index is 1.60. The summed E-state index contributed by atoms with van der Waals surface area (Å²) < 4.78 is 13.5. The lowest BCUT2D eigenvalue weighted by atomic mass is 9.90. The lowest BCUT2D eigenvalue weighted by molar-refractivity contribution is -0.125. The van der Waals surface area contributed by atoms with Crippen LogP contribution in [0.15, 0.2) is 24.3 Å². The van der Waals surface area contributed by atoms with Gasteiger partial charge in [-0.3, -0.25) is 14.6 Å². The van der Waals surface area contributed by atoms with Gasteiger partial charge in [-0.05, 0) is 77.0 Å². The van der Waals surface area contributed by atoms with E-state index in [0.717, 1.165) is 6.42 Å². The van der Waals surface area contributed by atoms with Crippen LogP contribution in [0.2, 0.25) is 0 Å². The molecule has 3 rings (SSSR count). The molecule has 1 amide bonds. The first-order valence-corrected chi connectivity index (χ1v) is 8.96. The van der Waals surface area contributed by atoms with E-state index in [4.69, 9.17) is 0 Å². The number of amides is 1. The molecule has 2 fully saturated rings. The van der Waals surface area contributed by atoms with E-state index in [2.05, 4.69) is 10.2 Å². The van der Waals surface area contributed by atoms with Gasteiger partial charge in [-0.1, -0.05) is 12.1 Å². The Morgan fingerprint density at radius 3 is 2.67 bits per heavy atom. The van der Waals surface area contributed by atoms with Crippen LogP contribution in [-0.4, -0.2) is 55.0 Å². The SMILES string of the molecule is CN(C)[C@@H](C(=O)NCCC12CCCN1CCC2)c1cccc(F)c1. The van der Waals surface area contributed by atoms with Gasteiger partial charge in [-0.15, -0.1) is 0 Å². The summed E-state index contributed by atoms with van der Waals surface area (Å²) in [6.45, 7) is 3.10. The minimum absolute atomic E-state index is 0.0513. The molecule has 5 heteroatoms. The van der Waals surface area contributed by atoms with E-state index in [0.29, 0.717) is 17.6 Å². The van der Waals surface area contributed by atoms with Crippen LogP contribution in [0.25, 0.3) is 0 Å². The van der Waals surface area contributed by atoms with Gasteiger partial charge in [0.25, 0.3) is 0 Å². The van der Waals surface area contributed by atoms with Crippen molar-refractivity contribution in [2.45, 2.75) is 43.7 Å². The summed E-state index contributed by atoms with van der Waals surface area (Å²) >= 11 is 0. The Morgan fingerprint density at radius 2 is 2.04 bits per heavy atom. The average molecular weight is 333 g/mol. The number of hydrogen-bond donors (Lipinski definition) is 1. The summed E-state index contributed by atoms with van der Waals surface area (Å²) in [4.78, 5) is 17.1. The maximum absolute atomic E-state index is 13.5. The number of carbonyl (C=O) groups excluding carboxylic acids is 1. The molecule has 4 nitrogen and oxygen atoms in total. The fourth-order valence-corrected chi connectivity index (χ4v) is 4.51. The molecule has 2 aliphatic heterocycles. The summed E-state index contributed by atoms with van der Waals surface area (Å²) in [5.41, 5.74) is 1.01. The molecule has 0 spiro atoms. The summed E-state index contributed by atoms with van der Waals surface area (Å²) in [6, 6.07) is 5.85. The van der Waals surface area contributed by atoms with Crippen molar-refractivity contribution < 1.29 is 9.18 Å². The van der Waals surface area contributed by atoms with Crippen molar-refractivity contribution in [1.29, 1.82) is 0 Å². The standard InChI is InChI=1S/C19H28FN3O/c1-22(2)17(15-6-3-7-16(20)14-15)18(24)21-11-10-19-8-4-12-23(19)13-5-9-19/h3,6-7,14,17H,4-5,8-13H2,1-2H3,(H,21,24)/t17-/m1/s1. The van der Waals surface area contributed by atoms with Crippen LogP contribution in [0, 0.1) is 5.82 Å². The molecule has 1 atom stereocenters. The molecule has 2 aliphatic rings. The van der Waals surface area contributed by atoms with Crippen molar-refractivity contribution in [3.63, 3.8) is 0 Å². The van der Waals surface area contributed by atoms with Gasteiger partial charge in [0.2, 0.25) is 5.91 Å². The molecule has 0 unspecified atom stereocenters. The molecular weight excluding hydrogens is 305 g/mol. The number of hydrogen-bond acceptors (Lipinski definition) is 3. The van der Waals surface area contributed by atoms with Crippen molar-refractivity contribution in [2.75, 3.05) is 33.7 Å². The predicted octanol–water partition coefficient (Wildman–Crippen LogP) is 2.56. The van der Waals surface area contributed by atoms with Crippen molar-refractivity contribution in [3.8, 4) is 0 Å². The molecule has 0 bridgehead atoms. The molecule has 24 heavy (non-hydrogen) atoms. The van der Waals surface area contributed by atoms with Gasteiger partial charge in [0.05, 0.1) is 0 Å². The molecule has 0 aromatic heterocycles. The summed E-state index contributed by atoms with van der Waals surface area (Å²) in [7, 11) is 3.70. The highest BCUT2D eigenvalue weighted by Gasteiger charge is 2.43. The number of benzene rings is 1. The highest BCUT2D eigenvalue weighted by Crippen LogP contribution is 2.40. The molecule has 2 saturated heterocycles. The van der Waals surface area contributed by atoms with Crippen molar-refractivity contribution >= 4 is 5.91 Å². The molecule has 2 heterocycles. The van der Waals surface area contributed by atoms with Crippen molar-refractivity contribution in [2.24, 2.45) is 0 Å². The second-order valence-corrected chi connectivity index (χ2v) is 7.38. The minimum Gasteiger partial charge on any atom is -0.354 e. The molecule has 0 saturated carbocycles. The number of likely N-dealkylation sites (N-methyl/N-ethyl adjacent to an activating group) is 1. The van der Waals surface area contributed by atoms with E-state index in [1.807, 2.05) is 25.1 Å². The first-order valence-electron chi connectivity index (χ1n) is 8.96. The Hall–Kier alpha value is -1.46. The smallest absolute Gasteiger partial charge is 0.241 e. The molecule has 1 N–H and O–H groups in total. The quantitative estimate of drug-likeness (QED) is 0.869. The Bertz CT molecular complexity index is 580. The van der Waals surface area contributed by atoms with Crippen LogP contribution in [0.1, 0.15) is 43.7 Å². The van der Waals surface area contributed by atoms with Gasteiger partial charge < -0.3 is 5.32 Å². The van der Waals surface area contributed by atoms with Gasteiger partial charge in [-0.2, -0.15) is 0 Å². The third-order valence-corrected chi connectivity index (χ3v) is 5.63. The van der Waals surface area contributed by atoms with E-state index in [1.54, 1.807) is 6.07 Å². The first kappa shape index (κ1) is 17.4. The Labute approximate surface area is 144 Å². The minimum atomic E-state index is -0.457. The lowest BCUT2D eigenvalue weighted by Gasteiger charge is -2.32. The maximum atomic E-state index is 13.5. The third kappa shape index (κ3) is 3.47. The second kappa shape index (κ2) is 7.19. The number of nitrogens with one attached hydrogen (secondary N) is 1. The molecule has 0 aliphatic carbocycles. The Kier molecular flexibility index (Phi) is 5.21. The summed E-state index contributed by atoms with van der Waals surface area (Å²) in [5.74, 6) is -0.358. The van der Waals surface area contributed by atoms with E-state index < -0.39 is 6.04 Å². The van der Waals surface area contributed by atoms with Gasteiger partial charge in [0.1, 0.15) is 11.9 Å². The van der Waals surface area contributed by atoms with Gasteiger partial charge in [0.15, 0.2) is 0 Å². The zero-order valence-corrected chi connectivity index (χ0v) is 14.7. The van der Waals surface area contributed by atoms with Gasteiger partial charge >= 0.3 is 0 Å². The van der Waals surface area contributed by atoms with E-state index in [1.165, 1.54) is 50.9 Å². The van der Waals surface area contributed by atoms with Gasteiger partial charge in [-0.25, -0.2) is 4.39 Å². The fourth-order valence-electron chi connectivity index (χ4n) is 4.51. The number of fused-ring (bicyclic) bond motifs is 1. The zero-order valence-electron chi connectivity index (χ0n) is 14.7. The van der Waals surface area contributed by atoms with Crippen LogP contribution >= 0.6 is 0 Å². The predicted molar refractivity (Wildman–Crippen MR) is 93.2 cm³/mol. The number of nitrogens with zero attached hydrogens (tertiary/aromatic N) is 2. The molecule has 0 radical (unpaired) electrons. The van der Waals surface area contributed by atoms with E-state index in [9.17, 15) is 9.18 Å². The summed E-state index contributed by atoms with van der Waals surface area (Å²) in [5, 5.41) is 3.09. The monoisotopic (exact) mass is 333 g/mol. The lowest BCUT2D eigenvalue weighted by Crippen LogP contribution is -2.43. The van der Waals surface area contributed by atoms with Crippen molar-refractivity contribution in [3.05, 3.63) is 35.6 Å². The Morgan fingerprint density at radius 1 is 1.33 bits per heavy atom. The second-order valence-electron chi connectivity index (χ2n) is 7.38. The van der Waals surface area contributed by atoms with E-state index in [-0.39, 0.29) is 11.7 Å². The van der Waals surface area contributed by atoms with Gasteiger partial charge in [0, 0.05) is 12.1 Å². The number of halogens is 1. The number of carbonyl (C=O) groups is 1. The first-order chi connectivity index (χ1) is 11.5. The summed E-state index contributed by atoms with van der Waals surface area (Å²) in [6.07, 6.45) is 6.07. The average Bonchev–Trinajstić information content (AvgIpc) is 3.06. The third-order valence-electron chi connectivity index (χ3n) is 5.63. The van der Waals surface area contributed by atoms with Crippen molar-refractivity contribution in [1.82, 2.24) is 15.1 Å². The molecule has 132 valence electrons. The van der Waals surface area contributed by atoms with Crippen LogP contribution in [-0.2, 0) is 4.79 Å². The molecule has 1 aromatic rings. The van der Waals surface area contributed by atoms with E-state index >= 15 is 0 Å². The molecule has 1 aromatic carbocycles. The highest BCUT2D eigenvalue weighted by atomic mass is 19.1. The number of rotatable bonds is 6. The van der Waals surface area contributed by atoms with Crippen LogP contribution in [0.5, 0.6) is 0 Å². The normalized spacial score (nSPS) is 21.0. The topological polar surface area (TPSA) is 35.6 Å². The highest BCUT2D eigenvalue weighted by molar-refractivity contribution is 5.83. The maximum Gasteiger partial charge on any atom is 0.241 e. The van der Waals surface area contributed by atoms with Crippen LogP contribution in [0.3, 0.4) is 0 Å². The van der Waals surface area contributed by atoms with Crippen LogP contribution in [0.4, 0.5) is 4.39 Å². The molecular formula is C19H28FN3O. The van der Waals surface area contributed by atoms with Crippen LogP contribution < -0.4 is 5.32 Å². The largest absolute Gasteiger partial charge is 0.354 e.